The molecule has 1 rings (SSSR count). The molecule has 7 heteroatoms. The zero-order valence-corrected chi connectivity index (χ0v) is 12.1. The van der Waals surface area contributed by atoms with Crippen LogP contribution in [-0.4, -0.2) is 29.8 Å². The Hall–Kier alpha value is -2.23. The second kappa shape index (κ2) is 10.5. The number of benzene rings is 1. The molecule has 4 N–H and O–H groups in total. The van der Waals surface area contributed by atoms with E-state index in [4.69, 9.17) is 15.6 Å². The van der Waals surface area contributed by atoms with Crippen molar-refractivity contribution in [2.75, 3.05) is 6.54 Å². The van der Waals surface area contributed by atoms with Gasteiger partial charge in [-0.25, -0.2) is 4.79 Å². The fourth-order valence-corrected chi connectivity index (χ4v) is 1.22. The second-order valence-corrected chi connectivity index (χ2v) is 3.92. The molecule has 0 bridgehead atoms. The quantitative estimate of drug-likeness (QED) is 0.708. The monoisotopic (exact) mass is 312 g/mol. The first-order valence-corrected chi connectivity index (χ1v) is 5.98. The summed E-state index contributed by atoms with van der Waals surface area (Å²) in [5, 5.41) is 11.0. The van der Waals surface area contributed by atoms with E-state index in [1.807, 2.05) is 30.3 Å². The highest BCUT2D eigenvalue weighted by molar-refractivity contribution is 5.85. The van der Waals surface area contributed by atoms with Gasteiger partial charge >= 0.3 is 12.1 Å². The number of nitrogens with one attached hydrogen (secondary N) is 1. The molecule has 0 saturated carbocycles. The minimum Gasteiger partial charge on any atom is -0.480 e. The molecule has 21 heavy (non-hydrogen) atoms. The molecule has 0 aliphatic carbocycles. The van der Waals surface area contributed by atoms with Crippen LogP contribution >= 0.6 is 12.4 Å². The number of nitrogens with two attached hydrogens (primary N) is 1. The van der Waals surface area contributed by atoms with Gasteiger partial charge in [0.2, 0.25) is 0 Å². The van der Waals surface area contributed by atoms with E-state index in [9.17, 15) is 9.59 Å². The normalized spacial score (nSPS) is 10.3. The molecule has 0 radical (unpaired) electrons. The minimum absolute atomic E-state index is 0. The molecule has 0 aliphatic rings. The predicted molar refractivity (Wildman–Crippen MR) is 79.9 cm³/mol. The Morgan fingerprint density at radius 3 is 2.57 bits per heavy atom. The molecule has 0 fully saturated rings. The van der Waals surface area contributed by atoms with Crippen molar-refractivity contribution in [3.63, 3.8) is 0 Å². The zero-order valence-electron chi connectivity index (χ0n) is 11.2. The summed E-state index contributed by atoms with van der Waals surface area (Å²) in [7, 11) is 0. The number of aliphatic carboxylic acids is 1. The van der Waals surface area contributed by atoms with Crippen molar-refractivity contribution in [1.82, 2.24) is 5.32 Å². The molecule has 0 heterocycles. The fraction of sp³-hybridized carbons (Fsp3) is 0.286. The van der Waals surface area contributed by atoms with Crippen molar-refractivity contribution >= 4 is 24.5 Å². The third-order valence-corrected chi connectivity index (χ3v) is 2.30. The number of carboxylic acids is 1. The summed E-state index contributed by atoms with van der Waals surface area (Å²) in [4.78, 5) is 21.7. The average Bonchev–Trinajstić information content (AvgIpc) is 2.45. The summed E-state index contributed by atoms with van der Waals surface area (Å²) in [5.74, 6) is 4.06. The topological polar surface area (TPSA) is 102 Å². The van der Waals surface area contributed by atoms with E-state index < -0.39 is 18.1 Å². The van der Waals surface area contributed by atoms with Crippen molar-refractivity contribution < 1.29 is 19.4 Å². The van der Waals surface area contributed by atoms with Gasteiger partial charge in [0.25, 0.3) is 0 Å². The lowest BCUT2D eigenvalue weighted by Gasteiger charge is -2.04. The Morgan fingerprint density at radius 1 is 1.29 bits per heavy atom. The molecule has 0 aliphatic heterocycles. The number of hydrogen-bond donors (Lipinski definition) is 3. The van der Waals surface area contributed by atoms with Crippen LogP contribution in [0.1, 0.15) is 12.0 Å². The maximum absolute atomic E-state index is 11.3. The number of ether oxygens (including phenoxy) is 1. The lowest BCUT2D eigenvalue weighted by atomic mass is 10.2. The van der Waals surface area contributed by atoms with E-state index in [1.54, 1.807) is 0 Å². The molecule has 1 atom stereocenters. The van der Waals surface area contributed by atoms with Crippen LogP contribution in [0.25, 0.3) is 0 Å². The Bertz CT molecular complexity index is 511. The first-order valence-electron chi connectivity index (χ1n) is 5.98. The maximum Gasteiger partial charge on any atom is 0.408 e. The molecule has 1 aromatic carbocycles. The Balaban J connectivity index is 0.00000400. The van der Waals surface area contributed by atoms with Crippen molar-refractivity contribution in [1.29, 1.82) is 0 Å². The Kier molecular flexibility index (Phi) is 9.43. The SMILES string of the molecule is Cl.N[C@@H](CC#CCNC(=O)OCc1ccccc1)C(=O)O. The van der Waals surface area contributed by atoms with Crippen LogP contribution in [0, 0.1) is 11.8 Å². The van der Waals surface area contributed by atoms with E-state index in [1.165, 1.54) is 0 Å². The van der Waals surface area contributed by atoms with Crippen LogP contribution in [0.2, 0.25) is 0 Å². The standard InChI is InChI=1S/C14H16N2O4.ClH/c15-12(13(17)18)8-4-5-9-16-14(19)20-10-11-6-2-1-3-7-11;/h1-3,6-7,12H,8-10,15H2,(H,16,19)(H,17,18);1H/t12-;/m0./s1. The molecule has 0 unspecified atom stereocenters. The summed E-state index contributed by atoms with van der Waals surface area (Å²) in [6, 6.07) is 8.27. The van der Waals surface area contributed by atoms with Gasteiger partial charge in [0, 0.05) is 6.42 Å². The second-order valence-electron chi connectivity index (χ2n) is 3.92. The van der Waals surface area contributed by atoms with Gasteiger partial charge in [-0.1, -0.05) is 42.2 Å². The van der Waals surface area contributed by atoms with E-state index in [0.29, 0.717) is 0 Å². The van der Waals surface area contributed by atoms with Crippen molar-refractivity contribution in [2.24, 2.45) is 5.73 Å². The Morgan fingerprint density at radius 2 is 1.95 bits per heavy atom. The third kappa shape index (κ3) is 8.52. The molecule has 1 aromatic rings. The maximum atomic E-state index is 11.3. The summed E-state index contributed by atoms with van der Waals surface area (Å²) >= 11 is 0. The first kappa shape index (κ1) is 18.8. The lowest BCUT2D eigenvalue weighted by Crippen LogP contribution is -2.29. The van der Waals surface area contributed by atoms with E-state index in [0.717, 1.165) is 5.56 Å². The van der Waals surface area contributed by atoms with E-state index >= 15 is 0 Å². The van der Waals surface area contributed by atoms with Gasteiger partial charge in [0.15, 0.2) is 0 Å². The first-order chi connectivity index (χ1) is 9.59. The van der Waals surface area contributed by atoms with Crippen molar-refractivity contribution in [3.8, 4) is 11.8 Å². The van der Waals surface area contributed by atoms with Gasteiger partial charge in [-0.3, -0.25) is 4.79 Å². The fourth-order valence-electron chi connectivity index (χ4n) is 1.22. The molecular weight excluding hydrogens is 296 g/mol. The van der Waals surface area contributed by atoms with Crippen LogP contribution in [-0.2, 0) is 16.1 Å². The van der Waals surface area contributed by atoms with Gasteiger partial charge in [-0.2, -0.15) is 0 Å². The number of carboxylic acid groups (broad SMARTS) is 1. The van der Waals surface area contributed by atoms with E-state index in [2.05, 4.69) is 17.2 Å². The number of carbonyl (C=O) groups is 2. The number of rotatable bonds is 5. The molecule has 0 saturated heterocycles. The smallest absolute Gasteiger partial charge is 0.408 e. The molecular formula is C14H17ClN2O4. The molecule has 1 amide bonds. The van der Waals surface area contributed by atoms with Gasteiger partial charge in [0.05, 0.1) is 6.54 Å². The van der Waals surface area contributed by atoms with E-state index in [-0.39, 0.29) is 32.0 Å². The van der Waals surface area contributed by atoms with Crippen LogP contribution in [0.3, 0.4) is 0 Å². The summed E-state index contributed by atoms with van der Waals surface area (Å²) in [6.45, 7) is 0.268. The van der Waals surface area contributed by atoms with Crippen molar-refractivity contribution in [2.45, 2.75) is 19.1 Å². The lowest BCUT2D eigenvalue weighted by molar-refractivity contribution is -0.138. The molecule has 6 nitrogen and oxygen atoms in total. The number of halogens is 1. The summed E-state index contributed by atoms with van der Waals surface area (Å²) in [6.07, 6.45) is -0.540. The molecule has 0 aromatic heterocycles. The van der Waals surface area contributed by atoms with Crippen LogP contribution in [0.15, 0.2) is 30.3 Å². The Labute approximate surface area is 129 Å². The average molecular weight is 313 g/mol. The number of carbonyl (C=O) groups excluding carboxylic acids is 1. The number of alkyl carbamates (subject to hydrolysis) is 1. The predicted octanol–water partition coefficient (Wildman–Crippen LogP) is 1.14. The van der Waals surface area contributed by atoms with Crippen LogP contribution < -0.4 is 11.1 Å². The highest BCUT2D eigenvalue weighted by Gasteiger charge is 2.08. The van der Waals surface area contributed by atoms with Gasteiger partial charge in [0.1, 0.15) is 12.6 Å². The van der Waals surface area contributed by atoms with Gasteiger partial charge in [-0.15, -0.1) is 12.4 Å². The van der Waals surface area contributed by atoms with Crippen molar-refractivity contribution in [3.05, 3.63) is 35.9 Å². The highest BCUT2D eigenvalue weighted by atomic mass is 35.5. The molecule has 0 spiro atoms. The third-order valence-electron chi connectivity index (χ3n) is 2.30. The summed E-state index contributed by atoms with van der Waals surface area (Å²) in [5.41, 5.74) is 6.15. The zero-order chi connectivity index (χ0) is 14.8. The number of hydrogen-bond acceptors (Lipinski definition) is 4. The summed E-state index contributed by atoms with van der Waals surface area (Å²) < 4.78 is 4.96. The molecule has 114 valence electrons. The largest absolute Gasteiger partial charge is 0.480 e. The van der Waals surface area contributed by atoms with Crippen LogP contribution in [0.4, 0.5) is 4.79 Å². The number of amides is 1. The van der Waals surface area contributed by atoms with Gasteiger partial charge in [-0.05, 0) is 5.56 Å². The van der Waals surface area contributed by atoms with Gasteiger partial charge < -0.3 is 20.9 Å². The van der Waals surface area contributed by atoms with Crippen LogP contribution in [0.5, 0.6) is 0 Å². The minimum atomic E-state index is -1.10. The highest BCUT2D eigenvalue weighted by Crippen LogP contribution is 2.00.